The first-order valence-electron chi connectivity index (χ1n) is 7.71. The third-order valence-electron chi connectivity index (χ3n) is 3.61. The van der Waals surface area contributed by atoms with Gasteiger partial charge in [-0.25, -0.2) is 4.79 Å². The van der Waals surface area contributed by atoms with Gasteiger partial charge in [0.2, 0.25) is 5.91 Å². The van der Waals surface area contributed by atoms with E-state index in [2.05, 4.69) is 20.6 Å². The van der Waals surface area contributed by atoms with Crippen molar-refractivity contribution in [3.8, 4) is 0 Å². The maximum absolute atomic E-state index is 12.3. The third-order valence-corrected chi connectivity index (χ3v) is 3.61. The first-order chi connectivity index (χ1) is 11.3. The second kappa shape index (κ2) is 9.55. The van der Waals surface area contributed by atoms with Crippen molar-refractivity contribution in [2.75, 3.05) is 26.7 Å². The number of guanidine groups is 2. The number of urea groups is 1. The Labute approximate surface area is 140 Å². The largest absolute Gasteiger partial charge is 0.370 e. The fourth-order valence-electron chi connectivity index (χ4n) is 2.23. The molecular weight excluding hydrogens is 314 g/mol. The van der Waals surface area contributed by atoms with Crippen molar-refractivity contribution in [3.63, 3.8) is 0 Å². The van der Waals surface area contributed by atoms with E-state index >= 15 is 0 Å². The van der Waals surface area contributed by atoms with Crippen LogP contribution in [-0.4, -0.2) is 67.5 Å². The minimum absolute atomic E-state index is 0.0509. The van der Waals surface area contributed by atoms with Gasteiger partial charge in [0.1, 0.15) is 0 Å². The van der Waals surface area contributed by atoms with Crippen LogP contribution >= 0.6 is 0 Å². The summed E-state index contributed by atoms with van der Waals surface area (Å²) in [5.74, 6) is 0.309. The van der Waals surface area contributed by atoms with Gasteiger partial charge in [0.15, 0.2) is 11.9 Å². The predicted octanol–water partition coefficient (Wildman–Crippen LogP) is -2.79. The molecule has 3 amide bonds. The average Bonchev–Trinajstić information content (AvgIpc) is 2.50. The Kier molecular flexibility index (Phi) is 7.75. The molecule has 10 N–H and O–H groups in total. The van der Waals surface area contributed by atoms with Gasteiger partial charge in [0.25, 0.3) is 0 Å². The number of carbonyl (C=O) groups is 2. The number of aliphatic imine (C=N–C) groups is 2. The van der Waals surface area contributed by atoms with Gasteiger partial charge in [0.05, 0.1) is 12.6 Å². The summed E-state index contributed by atoms with van der Waals surface area (Å²) in [7, 11) is 1.71. The summed E-state index contributed by atoms with van der Waals surface area (Å²) in [6, 6.07) is -1.04. The molecule has 0 saturated heterocycles. The van der Waals surface area contributed by atoms with Gasteiger partial charge >= 0.3 is 6.03 Å². The van der Waals surface area contributed by atoms with Crippen molar-refractivity contribution < 1.29 is 9.59 Å². The van der Waals surface area contributed by atoms with Crippen molar-refractivity contribution in [1.29, 1.82) is 0 Å². The number of nitrogens with two attached hydrogens (primary N) is 4. The van der Waals surface area contributed by atoms with Crippen molar-refractivity contribution >= 4 is 23.9 Å². The maximum atomic E-state index is 12.3. The van der Waals surface area contributed by atoms with Gasteiger partial charge in [-0.15, -0.1) is 0 Å². The molecule has 11 nitrogen and oxygen atoms in total. The molecule has 1 heterocycles. The van der Waals surface area contributed by atoms with E-state index in [4.69, 9.17) is 22.9 Å². The Balaban J connectivity index is 2.35. The molecule has 1 rings (SSSR count). The summed E-state index contributed by atoms with van der Waals surface area (Å²) >= 11 is 0. The molecule has 0 aliphatic carbocycles. The number of hydrogen-bond donors (Lipinski definition) is 6. The van der Waals surface area contributed by atoms with E-state index in [0.717, 1.165) is 0 Å². The topological polar surface area (TPSA) is 190 Å². The molecule has 0 spiro atoms. The summed E-state index contributed by atoms with van der Waals surface area (Å²) < 4.78 is 0. The van der Waals surface area contributed by atoms with Crippen molar-refractivity contribution in [1.82, 2.24) is 15.5 Å². The Bertz CT molecular complexity index is 502. The summed E-state index contributed by atoms with van der Waals surface area (Å²) in [6.07, 6.45) is 1.61. The number of hydrogen-bond acceptors (Lipinski definition) is 6. The first-order valence-corrected chi connectivity index (χ1v) is 7.71. The highest BCUT2D eigenvalue weighted by molar-refractivity contribution is 5.95. The normalized spacial score (nSPS) is 17.9. The highest BCUT2D eigenvalue weighted by Crippen LogP contribution is 2.07. The third kappa shape index (κ3) is 7.13. The zero-order chi connectivity index (χ0) is 18.1. The standard InChI is InChI=1S/C13H27N9O2/c1-22(9-6-19-13(20-7-9)21-12(17)24)10(23)5-8(14)3-2-4-18-11(15)16/h8-9H,2-7,14H2,1H3,(H4,15,16,18)(H4,17,19,20,21,24)/t8-/m0/s1. The van der Waals surface area contributed by atoms with Crippen LogP contribution in [0.25, 0.3) is 0 Å². The minimum atomic E-state index is -0.684. The number of carbonyl (C=O) groups excluding carboxylic acids is 2. The quantitative estimate of drug-likeness (QED) is 0.165. The summed E-state index contributed by atoms with van der Waals surface area (Å²) in [4.78, 5) is 32.6. The van der Waals surface area contributed by atoms with Crippen molar-refractivity contribution in [2.24, 2.45) is 32.9 Å². The monoisotopic (exact) mass is 341 g/mol. The molecule has 1 aliphatic rings. The van der Waals surface area contributed by atoms with Gasteiger partial charge in [-0.1, -0.05) is 0 Å². The van der Waals surface area contributed by atoms with E-state index in [1.807, 2.05) is 0 Å². The van der Waals surface area contributed by atoms with E-state index in [0.29, 0.717) is 38.4 Å². The lowest BCUT2D eigenvalue weighted by Crippen LogP contribution is -2.54. The molecule has 0 bridgehead atoms. The second-order valence-electron chi connectivity index (χ2n) is 5.63. The van der Waals surface area contributed by atoms with Crippen LogP contribution in [0.5, 0.6) is 0 Å². The molecule has 1 unspecified atom stereocenters. The highest BCUT2D eigenvalue weighted by atomic mass is 16.2. The van der Waals surface area contributed by atoms with Crippen molar-refractivity contribution in [2.45, 2.75) is 31.3 Å². The Hall–Kier alpha value is -2.56. The number of amides is 3. The van der Waals surface area contributed by atoms with E-state index in [-0.39, 0.29) is 30.4 Å². The molecule has 0 fully saturated rings. The average molecular weight is 341 g/mol. The van der Waals surface area contributed by atoms with Gasteiger partial charge in [-0.3, -0.25) is 20.1 Å². The van der Waals surface area contributed by atoms with Crippen molar-refractivity contribution in [3.05, 3.63) is 0 Å². The molecular formula is C13H27N9O2. The van der Waals surface area contributed by atoms with Crippen LogP contribution in [0.3, 0.4) is 0 Å². The van der Waals surface area contributed by atoms with Crippen LogP contribution in [0.15, 0.2) is 9.98 Å². The second-order valence-corrected chi connectivity index (χ2v) is 5.63. The number of likely N-dealkylation sites (N-methyl/N-ethyl adjacent to an activating group) is 1. The molecule has 0 aromatic carbocycles. The molecule has 0 saturated carbocycles. The van der Waals surface area contributed by atoms with Crippen LogP contribution in [-0.2, 0) is 4.79 Å². The zero-order valence-corrected chi connectivity index (χ0v) is 13.9. The van der Waals surface area contributed by atoms with E-state index in [9.17, 15) is 9.59 Å². The molecule has 24 heavy (non-hydrogen) atoms. The zero-order valence-electron chi connectivity index (χ0n) is 13.9. The fourth-order valence-corrected chi connectivity index (χ4v) is 2.23. The smallest absolute Gasteiger partial charge is 0.318 e. The number of primary amides is 1. The highest BCUT2D eigenvalue weighted by Gasteiger charge is 2.24. The van der Waals surface area contributed by atoms with Gasteiger partial charge < -0.3 is 33.2 Å². The van der Waals surface area contributed by atoms with Gasteiger partial charge in [-0.05, 0) is 12.8 Å². The summed E-state index contributed by atoms with van der Waals surface area (Å²) in [5.41, 5.74) is 21.5. The molecule has 0 aromatic heterocycles. The van der Waals surface area contributed by atoms with Crippen LogP contribution < -0.4 is 33.6 Å². The van der Waals surface area contributed by atoms with Crippen LogP contribution in [0, 0.1) is 0 Å². The van der Waals surface area contributed by atoms with Gasteiger partial charge in [0, 0.05) is 32.6 Å². The Morgan fingerprint density at radius 1 is 1.46 bits per heavy atom. The lowest BCUT2D eigenvalue weighted by Gasteiger charge is -2.31. The molecule has 0 radical (unpaired) electrons. The minimum Gasteiger partial charge on any atom is -0.370 e. The number of nitrogens with one attached hydrogen (secondary N) is 2. The summed E-state index contributed by atoms with van der Waals surface area (Å²) in [5, 5.41) is 5.28. The maximum Gasteiger partial charge on any atom is 0.318 e. The first kappa shape index (κ1) is 19.5. The predicted molar refractivity (Wildman–Crippen MR) is 92.1 cm³/mol. The molecule has 1 aliphatic heterocycles. The van der Waals surface area contributed by atoms with E-state index < -0.39 is 6.03 Å². The lowest BCUT2D eigenvalue weighted by atomic mass is 10.1. The van der Waals surface area contributed by atoms with Gasteiger partial charge in [-0.2, -0.15) is 0 Å². The Morgan fingerprint density at radius 2 is 2.17 bits per heavy atom. The van der Waals surface area contributed by atoms with Crippen LogP contribution in [0.1, 0.15) is 19.3 Å². The molecule has 2 atom stereocenters. The van der Waals surface area contributed by atoms with Crippen LogP contribution in [0.4, 0.5) is 4.79 Å². The number of rotatable bonds is 7. The fraction of sp³-hybridized carbons (Fsp3) is 0.692. The SMILES string of the molecule is CN(C(=O)C[C@@H](N)CCCN=C(N)N)C1CN=C(NC(N)=O)NC1. The van der Waals surface area contributed by atoms with E-state index in [1.165, 1.54) is 0 Å². The summed E-state index contributed by atoms with van der Waals surface area (Å²) in [6.45, 7) is 1.35. The molecule has 11 heteroatoms. The van der Waals surface area contributed by atoms with Crippen LogP contribution in [0.2, 0.25) is 0 Å². The lowest BCUT2D eigenvalue weighted by molar-refractivity contribution is -0.132. The molecule has 0 aromatic rings. The van der Waals surface area contributed by atoms with E-state index in [1.54, 1.807) is 11.9 Å². The Morgan fingerprint density at radius 3 is 2.71 bits per heavy atom. The molecule has 136 valence electrons. The number of nitrogens with zero attached hydrogens (tertiary/aromatic N) is 3.